The Bertz CT molecular complexity index is 468. The standard InChI is InChI=1S/C20H32O/c1-12-5-6-16-13(2)7-10-20(16)11-17(21)19(4)9-8-15(12)18(19)14(20)3/h12-13,15-18,21H,3,5-11H2,1-2,4H3/t12-,13-,15+,16-,17+,18-,19-,20+/m1/s1. The lowest BCUT2D eigenvalue weighted by molar-refractivity contribution is -0.0758. The first-order valence-electron chi connectivity index (χ1n) is 9.27. The largest absolute Gasteiger partial charge is 0.393 e. The topological polar surface area (TPSA) is 20.2 Å². The van der Waals surface area contributed by atoms with Crippen molar-refractivity contribution in [2.75, 3.05) is 0 Å². The van der Waals surface area contributed by atoms with Crippen molar-refractivity contribution in [3.8, 4) is 0 Å². The molecule has 0 aromatic heterocycles. The van der Waals surface area contributed by atoms with Gasteiger partial charge in [0.15, 0.2) is 0 Å². The van der Waals surface area contributed by atoms with Gasteiger partial charge in [0.1, 0.15) is 0 Å². The fourth-order valence-corrected chi connectivity index (χ4v) is 7.24. The summed E-state index contributed by atoms with van der Waals surface area (Å²) in [6.45, 7) is 12.0. The third-order valence-electron chi connectivity index (χ3n) is 8.60. The summed E-state index contributed by atoms with van der Waals surface area (Å²) in [6.07, 6.45) is 8.84. The van der Waals surface area contributed by atoms with Gasteiger partial charge in [0.2, 0.25) is 0 Å². The van der Waals surface area contributed by atoms with Crippen LogP contribution in [0.3, 0.4) is 0 Å². The highest BCUT2D eigenvalue weighted by atomic mass is 16.3. The molecule has 0 unspecified atom stereocenters. The van der Waals surface area contributed by atoms with Gasteiger partial charge >= 0.3 is 0 Å². The van der Waals surface area contributed by atoms with Crippen LogP contribution in [0.1, 0.15) is 65.7 Å². The summed E-state index contributed by atoms with van der Waals surface area (Å²) in [4.78, 5) is 0. The van der Waals surface area contributed by atoms with Crippen LogP contribution in [0.25, 0.3) is 0 Å². The molecule has 0 heterocycles. The van der Waals surface area contributed by atoms with Gasteiger partial charge in [-0.1, -0.05) is 39.3 Å². The Morgan fingerprint density at radius 1 is 1.05 bits per heavy atom. The second kappa shape index (κ2) is 4.37. The van der Waals surface area contributed by atoms with E-state index in [0.717, 1.165) is 30.1 Å². The van der Waals surface area contributed by atoms with Gasteiger partial charge in [0, 0.05) is 5.41 Å². The predicted molar refractivity (Wildman–Crippen MR) is 86.8 cm³/mol. The van der Waals surface area contributed by atoms with Gasteiger partial charge < -0.3 is 5.11 Å². The molecule has 1 spiro atoms. The molecule has 4 fully saturated rings. The van der Waals surface area contributed by atoms with Crippen molar-refractivity contribution < 1.29 is 5.11 Å². The molecule has 8 atom stereocenters. The van der Waals surface area contributed by atoms with Gasteiger partial charge in [-0.15, -0.1) is 0 Å². The molecule has 0 amide bonds. The Balaban J connectivity index is 1.84. The van der Waals surface area contributed by atoms with Gasteiger partial charge in [-0.05, 0) is 73.5 Å². The van der Waals surface area contributed by atoms with E-state index in [0.29, 0.717) is 5.92 Å². The zero-order valence-electron chi connectivity index (χ0n) is 14.1. The highest BCUT2D eigenvalue weighted by molar-refractivity contribution is 5.30. The number of hydrogen-bond donors (Lipinski definition) is 1. The fourth-order valence-electron chi connectivity index (χ4n) is 7.24. The minimum Gasteiger partial charge on any atom is -0.393 e. The number of rotatable bonds is 0. The Labute approximate surface area is 130 Å². The van der Waals surface area contributed by atoms with Crippen molar-refractivity contribution in [3.05, 3.63) is 12.2 Å². The normalized spacial score (nSPS) is 59.5. The third kappa shape index (κ3) is 1.62. The molecule has 4 aliphatic carbocycles. The zero-order valence-corrected chi connectivity index (χ0v) is 14.1. The quantitative estimate of drug-likeness (QED) is 0.635. The van der Waals surface area contributed by atoms with E-state index in [9.17, 15) is 5.11 Å². The van der Waals surface area contributed by atoms with Crippen molar-refractivity contribution in [1.82, 2.24) is 0 Å². The number of aliphatic hydroxyl groups excluding tert-OH is 1. The van der Waals surface area contributed by atoms with Crippen LogP contribution in [-0.4, -0.2) is 11.2 Å². The summed E-state index contributed by atoms with van der Waals surface area (Å²) in [6, 6.07) is 0. The zero-order chi connectivity index (χ0) is 15.0. The lowest BCUT2D eigenvalue weighted by atomic mass is 9.49. The Morgan fingerprint density at radius 2 is 1.81 bits per heavy atom. The van der Waals surface area contributed by atoms with Gasteiger partial charge in [-0.25, -0.2) is 0 Å². The van der Waals surface area contributed by atoms with Gasteiger partial charge in [0.25, 0.3) is 0 Å². The predicted octanol–water partition coefficient (Wildman–Crippen LogP) is 4.80. The third-order valence-corrected chi connectivity index (χ3v) is 8.60. The monoisotopic (exact) mass is 288 g/mol. The molecule has 4 saturated carbocycles. The molecule has 1 nitrogen and oxygen atoms in total. The van der Waals surface area contributed by atoms with Crippen LogP contribution in [-0.2, 0) is 0 Å². The first-order chi connectivity index (χ1) is 9.90. The van der Waals surface area contributed by atoms with E-state index < -0.39 is 0 Å². The van der Waals surface area contributed by atoms with Crippen LogP contribution in [0.2, 0.25) is 0 Å². The van der Waals surface area contributed by atoms with Crippen molar-refractivity contribution >= 4 is 0 Å². The van der Waals surface area contributed by atoms with E-state index in [1.165, 1.54) is 38.5 Å². The molecule has 0 saturated heterocycles. The molecular formula is C20H32O. The van der Waals surface area contributed by atoms with Crippen LogP contribution in [0.15, 0.2) is 12.2 Å². The maximum atomic E-state index is 11.1. The Hall–Kier alpha value is -0.300. The second-order valence-electron chi connectivity index (χ2n) is 9.26. The maximum Gasteiger partial charge on any atom is 0.0608 e. The van der Waals surface area contributed by atoms with E-state index in [4.69, 9.17) is 6.58 Å². The van der Waals surface area contributed by atoms with Gasteiger partial charge in [0.05, 0.1) is 6.10 Å². The molecule has 0 aromatic carbocycles. The minimum atomic E-state index is -0.101. The Kier molecular flexibility index (Phi) is 2.98. The van der Waals surface area contributed by atoms with Crippen molar-refractivity contribution in [2.45, 2.75) is 71.8 Å². The summed E-state index contributed by atoms with van der Waals surface area (Å²) >= 11 is 0. The fraction of sp³-hybridized carbons (Fsp3) is 0.900. The first-order valence-corrected chi connectivity index (χ1v) is 9.27. The molecule has 21 heavy (non-hydrogen) atoms. The highest BCUT2D eigenvalue weighted by Crippen LogP contribution is 2.70. The molecule has 1 N–H and O–H groups in total. The molecule has 0 radical (unpaired) electrons. The van der Waals surface area contributed by atoms with Crippen LogP contribution in [0, 0.1) is 40.4 Å². The van der Waals surface area contributed by atoms with E-state index in [2.05, 4.69) is 20.8 Å². The van der Waals surface area contributed by atoms with Crippen LogP contribution >= 0.6 is 0 Å². The molecule has 0 aliphatic heterocycles. The molecule has 1 heteroatoms. The smallest absolute Gasteiger partial charge is 0.0608 e. The first kappa shape index (κ1) is 14.3. The van der Waals surface area contributed by atoms with Crippen LogP contribution < -0.4 is 0 Å². The average molecular weight is 288 g/mol. The molecule has 0 aromatic rings. The van der Waals surface area contributed by atoms with E-state index in [-0.39, 0.29) is 16.9 Å². The van der Waals surface area contributed by atoms with E-state index in [1.54, 1.807) is 5.57 Å². The maximum absolute atomic E-state index is 11.1. The summed E-state index contributed by atoms with van der Waals surface area (Å²) in [5.41, 5.74) is 1.97. The molecular weight excluding hydrogens is 256 g/mol. The number of hydrogen-bond acceptors (Lipinski definition) is 1. The van der Waals surface area contributed by atoms with Crippen LogP contribution in [0.4, 0.5) is 0 Å². The summed E-state index contributed by atoms with van der Waals surface area (Å²) in [5.74, 6) is 3.79. The minimum absolute atomic E-state index is 0.101. The SMILES string of the molecule is C=C1[C@@H]2[C@H]3CC[C@]2(C)[C@@H](O)C[C@@]12CC[C@@H](C)[C@H]2CC[C@H]3C. The lowest BCUT2D eigenvalue weighted by Gasteiger charge is -2.56. The second-order valence-corrected chi connectivity index (χ2v) is 9.26. The summed E-state index contributed by atoms with van der Waals surface area (Å²) < 4.78 is 0. The highest BCUT2D eigenvalue weighted by Gasteiger charge is 2.63. The van der Waals surface area contributed by atoms with E-state index in [1.807, 2.05) is 0 Å². The van der Waals surface area contributed by atoms with E-state index >= 15 is 0 Å². The summed E-state index contributed by atoms with van der Waals surface area (Å²) in [7, 11) is 0. The lowest BCUT2D eigenvalue weighted by Crippen LogP contribution is -2.53. The molecule has 4 rings (SSSR count). The molecule has 4 aliphatic rings. The number of aliphatic hydroxyl groups is 1. The van der Waals surface area contributed by atoms with Gasteiger partial charge in [-0.2, -0.15) is 0 Å². The molecule has 118 valence electrons. The van der Waals surface area contributed by atoms with Crippen molar-refractivity contribution in [1.29, 1.82) is 0 Å². The van der Waals surface area contributed by atoms with Gasteiger partial charge in [-0.3, -0.25) is 0 Å². The molecule has 2 bridgehead atoms. The van der Waals surface area contributed by atoms with Crippen molar-refractivity contribution in [3.63, 3.8) is 0 Å². The summed E-state index contributed by atoms with van der Waals surface area (Å²) in [5, 5.41) is 11.1. The Morgan fingerprint density at radius 3 is 2.57 bits per heavy atom. The van der Waals surface area contributed by atoms with Crippen molar-refractivity contribution in [2.24, 2.45) is 40.4 Å². The van der Waals surface area contributed by atoms with Crippen LogP contribution in [0.5, 0.6) is 0 Å². The average Bonchev–Trinajstić information content (AvgIpc) is 2.94. The number of allylic oxidation sites excluding steroid dienone is 1.